The van der Waals surface area contributed by atoms with E-state index in [1.54, 1.807) is 37.4 Å². The first-order valence-corrected chi connectivity index (χ1v) is 11.4. The van der Waals surface area contributed by atoms with Crippen molar-refractivity contribution in [3.63, 3.8) is 0 Å². The summed E-state index contributed by atoms with van der Waals surface area (Å²) < 4.78 is 30.5. The number of amides is 1. The largest absolute Gasteiger partial charge is 0.435 e. The third-order valence-corrected chi connectivity index (χ3v) is 6.00. The Hall–Kier alpha value is -3.72. The number of ether oxygens (including phenoxy) is 1. The van der Waals surface area contributed by atoms with Crippen molar-refractivity contribution in [1.29, 1.82) is 0 Å². The van der Waals surface area contributed by atoms with E-state index in [1.807, 2.05) is 36.4 Å². The molecular weight excluding hydrogens is 460 g/mol. The predicted octanol–water partition coefficient (Wildman–Crippen LogP) is 4.74. The molecule has 4 rings (SSSR count). The lowest BCUT2D eigenvalue weighted by Crippen LogP contribution is -2.28. The van der Waals surface area contributed by atoms with Crippen molar-refractivity contribution in [2.75, 3.05) is 12.8 Å². The van der Waals surface area contributed by atoms with Gasteiger partial charge >= 0.3 is 6.61 Å². The number of thioether (sulfide) groups is 1. The lowest BCUT2D eigenvalue weighted by Gasteiger charge is -2.18. The molecule has 0 fully saturated rings. The van der Waals surface area contributed by atoms with Gasteiger partial charge in [0, 0.05) is 13.6 Å². The van der Waals surface area contributed by atoms with Crippen LogP contribution in [0.1, 0.15) is 5.56 Å². The molecule has 34 heavy (non-hydrogen) atoms. The fourth-order valence-corrected chi connectivity index (χ4v) is 4.34. The van der Waals surface area contributed by atoms with Gasteiger partial charge in [-0.1, -0.05) is 54.2 Å². The van der Waals surface area contributed by atoms with Gasteiger partial charge in [-0.2, -0.15) is 8.78 Å². The van der Waals surface area contributed by atoms with Crippen LogP contribution < -0.4 is 10.3 Å². The normalized spacial score (nSPS) is 11.1. The molecule has 0 aliphatic heterocycles. The lowest BCUT2D eigenvalue weighted by molar-refractivity contribution is -0.127. The van der Waals surface area contributed by atoms with Crippen molar-refractivity contribution < 1.29 is 18.3 Å². The minimum absolute atomic E-state index is 0.0598. The van der Waals surface area contributed by atoms with E-state index in [4.69, 9.17) is 0 Å². The number of fused-ring (bicyclic) bond motifs is 1. The van der Waals surface area contributed by atoms with Crippen LogP contribution in [0, 0.1) is 0 Å². The van der Waals surface area contributed by atoms with Crippen molar-refractivity contribution in [2.45, 2.75) is 18.3 Å². The number of hydrogen-bond acceptors (Lipinski definition) is 5. The third kappa shape index (κ3) is 5.43. The average Bonchev–Trinajstić information content (AvgIpc) is 2.84. The second-order valence-electron chi connectivity index (χ2n) is 7.45. The predicted molar refractivity (Wildman–Crippen MR) is 128 cm³/mol. The Balaban J connectivity index is 1.51. The second-order valence-corrected chi connectivity index (χ2v) is 8.39. The summed E-state index contributed by atoms with van der Waals surface area (Å²) in [6, 6.07) is 22.4. The summed E-state index contributed by atoms with van der Waals surface area (Å²) in [6.07, 6.45) is 0. The van der Waals surface area contributed by atoms with Crippen LogP contribution in [-0.2, 0) is 11.3 Å². The standard InChI is InChI=1S/C25H21F2N3O3S/c1-29(15-17-11-13-19(14-12-17)33-24(26)27)22(31)16-34-25-28-21-10-6-5-9-20(21)23(32)30(25)18-7-3-2-4-8-18/h2-14,24H,15-16H2,1H3. The second kappa shape index (κ2) is 10.5. The molecule has 0 aliphatic carbocycles. The zero-order valence-corrected chi connectivity index (χ0v) is 19.0. The smallest absolute Gasteiger partial charge is 0.387 e. The first-order chi connectivity index (χ1) is 16.4. The van der Waals surface area contributed by atoms with Crippen LogP contribution in [0.15, 0.2) is 88.8 Å². The Labute approximate surface area is 198 Å². The number of halogens is 2. The third-order valence-electron chi connectivity index (χ3n) is 5.08. The molecule has 0 aliphatic rings. The monoisotopic (exact) mass is 481 g/mol. The summed E-state index contributed by atoms with van der Waals surface area (Å²) in [7, 11) is 1.66. The van der Waals surface area contributed by atoms with Crippen LogP contribution in [0.25, 0.3) is 16.6 Å². The maximum Gasteiger partial charge on any atom is 0.387 e. The van der Waals surface area contributed by atoms with E-state index in [-0.39, 0.29) is 23.0 Å². The number of aromatic nitrogens is 2. The number of hydrogen-bond donors (Lipinski definition) is 0. The van der Waals surface area contributed by atoms with Crippen LogP contribution in [0.5, 0.6) is 5.75 Å². The van der Waals surface area contributed by atoms with Gasteiger partial charge in [0.2, 0.25) is 5.91 Å². The van der Waals surface area contributed by atoms with Gasteiger partial charge in [-0.3, -0.25) is 14.2 Å². The highest BCUT2D eigenvalue weighted by atomic mass is 32.2. The summed E-state index contributed by atoms with van der Waals surface area (Å²) in [5.41, 5.74) is 1.80. The molecule has 1 heterocycles. The molecule has 0 saturated heterocycles. The SMILES string of the molecule is CN(Cc1ccc(OC(F)F)cc1)C(=O)CSc1nc2ccccc2c(=O)n1-c1ccccc1. The molecule has 0 unspecified atom stereocenters. The fraction of sp³-hybridized carbons (Fsp3) is 0.160. The molecule has 0 bridgehead atoms. The Kier molecular flexibility index (Phi) is 7.22. The summed E-state index contributed by atoms with van der Waals surface area (Å²) in [6.45, 7) is -2.59. The molecule has 0 radical (unpaired) electrons. The number of carbonyl (C=O) groups is 1. The molecule has 3 aromatic carbocycles. The summed E-state index contributed by atoms with van der Waals surface area (Å²) in [5, 5.41) is 0.920. The fourth-order valence-electron chi connectivity index (χ4n) is 3.39. The number of carbonyl (C=O) groups excluding carboxylic acids is 1. The van der Waals surface area contributed by atoms with Gasteiger partial charge in [-0.15, -0.1) is 0 Å². The molecule has 1 amide bonds. The van der Waals surface area contributed by atoms with Crippen molar-refractivity contribution in [3.05, 3.63) is 94.8 Å². The van der Waals surface area contributed by atoms with Crippen LogP contribution >= 0.6 is 11.8 Å². The lowest BCUT2D eigenvalue weighted by atomic mass is 10.2. The minimum Gasteiger partial charge on any atom is -0.435 e. The van der Waals surface area contributed by atoms with E-state index in [0.717, 1.165) is 5.56 Å². The Morgan fingerprint density at radius 1 is 1.03 bits per heavy atom. The first-order valence-electron chi connectivity index (χ1n) is 10.4. The van der Waals surface area contributed by atoms with Crippen molar-refractivity contribution in [3.8, 4) is 11.4 Å². The molecular formula is C25H21F2N3O3S. The van der Waals surface area contributed by atoms with E-state index in [2.05, 4.69) is 9.72 Å². The van der Waals surface area contributed by atoms with Gasteiger partial charge < -0.3 is 9.64 Å². The maximum atomic E-state index is 13.2. The molecule has 0 atom stereocenters. The molecule has 6 nitrogen and oxygen atoms in total. The van der Waals surface area contributed by atoms with Crippen molar-refractivity contribution >= 4 is 28.6 Å². The topological polar surface area (TPSA) is 64.4 Å². The van der Waals surface area contributed by atoms with E-state index >= 15 is 0 Å². The average molecular weight is 482 g/mol. The zero-order chi connectivity index (χ0) is 24.1. The highest BCUT2D eigenvalue weighted by Crippen LogP contribution is 2.22. The minimum atomic E-state index is -2.89. The molecule has 0 saturated carbocycles. The Morgan fingerprint density at radius 2 is 1.71 bits per heavy atom. The summed E-state index contributed by atoms with van der Waals surface area (Å²) in [4.78, 5) is 32.2. The van der Waals surface area contributed by atoms with Gasteiger partial charge in [0.25, 0.3) is 5.56 Å². The molecule has 0 spiro atoms. The molecule has 174 valence electrons. The molecule has 9 heteroatoms. The van der Waals surface area contributed by atoms with Gasteiger partial charge in [-0.05, 0) is 42.0 Å². The van der Waals surface area contributed by atoms with Gasteiger partial charge in [0.1, 0.15) is 5.75 Å². The first kappa shape index (κ1) is 23.4. The number of benzene rings is 3. The van der Waals surface area contributed by atoms with Crippen LogP contribution in [0.4, 0.5) is 8.78 Å². The maximum absolute atomic E-state index is 13.2. The van der Waals surface area contributed by atoms with E-state index < -0.39 is 6.61 Å². The number of para-hydroxylation sites is 2. The van der Waals surface area contributed by atoms with Gasteiger partial charge in [0.15, 0.2) is 5.16 Å². The number of alkyl halides is 2. The Bertz CT molecular complexity index is 1350. The van der Waals surface area contributed by atoms with E-state index in [1.165, 1.54) is 33.4 Å². The summed E-state index contributed by atoms with van der Waals surface area (Å²) >= 11 is 1.18. The van der Waals surface area contributed by atoms with Crippen molar-refractivity contribution in [1.82, 2.24) is 14.5 Å². The molecule has 1 aromatic heterocycles. The highest BCUT2D eigenvalue weighted by molar-refractivity contribution is 7.99. The van der Waals surface area contributed by atoms with Crippen LogP contribution in [0.3, 0.4) is 0 Å². The number of nitrogens with zero attached hydrogens (tertiary/aromatic N) is 3. The van der Waals surface area contributed by atoms with Crippen molar-refractivity contribution in [2.24, 2.45) is 0 Å². The van der Waals surface area contributed by atoms with Gasteiger partial charge in [-0.25, -0.2) is 4.98 Å². The van der Waals surface area contributed by atoms with Crippen LogP contribution in [-0.4, -0.2) is 39.8 Å². The Morgan fingerprint density at radius 3 is 2.41 bits per heavy atom. The van der Waals surface area contributed by atoms with E-state index in [0.29, 0.717) is 28.3 Å². The highest BCUT2D eigenvalue weighted by Gasteiger charge is 2.16. The molecule has 4 aromatic rings. The van der Waals surface area contributed by atoms with E-state index in [9.17, 15) is 18.4 Å². The molecule has 0 N–H and O–H groups in total. The van der Waals surface area contributed by atoms with Crippen LogP contribution in [0.2, 0.25) is 0 Å². The zero-order valence-electron chi connectivity index (χ0n) is 18.2. The number of rotatable bonds is 8. The van der Waals surface area contributed by atoms with Gasteiger partial charge in [0.05, 0.1) is 22.3 Å². The quantitative estimate of drug-likeness (QED) is 0.269. The summed E-state index contributed by atoms with van der Waals surface area (Å²) in [5.74, 6) is -0.0368.